The number of hydrazine groups is 1. The van der Waals surface area contributed by atoms with Crippen LogP contribution in [-0.4, -0.2) is 14.7 Å². The van der Waals surface area contributed by atoms with Crippen LogP contribution in [0.2, 0.25) is 0 Å². The van der Waals surface area contributed by atoms with E-state index >= 15 is 0 Å². The highest BCUT2D eigenvalue weighted by molar-refractivity contribution is 5.65. The van der Waals surface area contributed by atoms with Gasteiger partial charge in [-0.1, -0.05) is 12.1 Å². The van der Waals surface area contributed by atoms with Crippen molar-refractivity contribution in [1.29, 1.82) is 0 Å². The van der Waals surface area contributed by atoms with Crippen LogP contribution in [0.15, 0.2) is 30.5 Å². The Bertz CT molecular complexity index is 579. The van der Waals surface area contributed by atoms with E-state index in [1.165, 1.54) is 6.07 Å². The van der Waals surface area contributed by atoms with Gasteiger partial charge >= 0.3 is 0 Å². The Morgan fingerprint density at radius 3 is 2.83 bits per heavy atom. The van der Waals surface area contributed by atoms with Gasteiger partial charge in [0, 0.05) is 23.5 Å². The number of nitrogens with zero attached hydrogens (tertiary/aromatic N) is 3. The highest BCUT2D eigenvalue weighted by Crippen LogP contribution is 2.27. The van der Waals surface area contributed by atoms with E-state index < -0.39 is 4.92 Å². The van der Waals surface area contributed by atoms with Crippen LogP contribution in [0.5, 0.6) is 0 Å². The quantitative estimate of drug-likeness (QED) is 0.483. The van der Waals surface area contributed by atoms with Crippen molar-refractivity contribution in [2.24, 2.45) is 5.84 Å². The summed E-state index contributed by atoms with van der Waals surface area (Å²) in [6, 6.07) is 6.69. The zero-order valence-corrected chi connectivity index (χ0v) is 9.83. The van der Waals surface area contributed by atoms with E-state index in [9.17, 15) is 10.1 Å². The molecule has 7 heteroatoms. The highest BCUT2D eigenvalue weighted by atomic mass is 16.6. The number of hydrogen-bond acceptors (Lipinski definition) is 5. The molecule has 1 heterocycles. The van der Waals surface area contributed by atoms with Crippen molar-refractivity contribution < 1.29 is 4.92 Å². The molecule has 0 atom stereocenters. The normalized spacial score (nSPS) is 10.3. The molecule has 0 aliphatic heterocycles. The standard InChI is InChI=1S/C11H13N5O2/c1-8-5-6-13-15(8)7-9-3-2-4-10(16(17)18)11(9)14-12/h2-6,14H,7,12H2,1H3. The Kier molecular flexibility index (Phi) is 3.24. The van der Waals surface area contributed by atoms with Crippen LogP contribution in [0.1, 0.15) is 11.3 Å². The number of benzene rings is 1. The van der Waals surface area contributed by atoms with E-state index in [1.807, 2.05) is 13.0 Å². The fourth-order valence-electron chi connectivity index (χ4n) is 1.76. The van der Waals surface area contributed by atoms with E-state index in [2.05, 4.69) is 10.5 Å². The summed E-state index contributed by atoms with van der Waals surface area (Å²) >= 11 is 0. The fraction of sp³-hybridized carbons (Fsp3) is 0.182. The Morgan fingerprint density at radius 1 is 1.50 bits per heavy atom. The number of rotatable bonds is 4. The van der Waals surface area contributed by atoms with Gasteiger partial charge in [-0.05, 0) is 13.0 Å². The summed E-state index contributed by atoms with van der Waals surface area (Å²) in [5, 5.41) is 15.0. The van der Waals surface area contributed by atoms with Crippen LogP contribution >= 0.6 is 0 Å². The number of aromatic nitrogens is 2. The van der Waals surface area contributed by atoms with Crippen LogP contribution in [0, 0.1) is 17.0 Å². The predicted octanol–water partition coefficient (Wildman–Crippen LogP) is 1.43. The first-order valence-corrected chi connectivity index (χ1v) is 5.35. The van der Waals surface area contributed by atoms with Gasteiger partial charge in [0.2, 0.25) is 0 Å². The molecule has 0 saturated heterocycles. The molecule has 2 rings (SSSR count). The number of para-hydroxylation sites is 1. The van der Waals surface area contributed by atoms with Crippen molar-refractivity contribution >= 4 is 11.4 Å². The SMILES string of the molecule is Cc1ccnn1Cc1cccc([N+](=O)[O-])c1NN. The molecule has 2 aromatic rings. The molecule has 0 spiro atoms. The van der Waals surface area contributed by atoms with E-state index in [0.717, 1.165) is 11.3 Å². The lowest BCUT2D eigenvalue weighted by Crippen LogP contribution is -2.14. The van der Waals surface area contributed by atoms with Gasteiger partial charge in [0.05, 0.1) is 11.5 Å². The van der Waals surface area contributed by atoms with Crippen molar-refractivity contribution in [2.75, 3.05) is 5.43 Å². The molecular weight excluding hydrogens is 234 g/mol. The number of anilines is 1. The minimum Gasteiger partial charge on any atom is -0.318 e. The average Bonchev–Trinajstić information content (AvgIpc) is 2.74. The molecule has 0 radical (unpaired) electrons. The van der Waals surface area contributed by atoms with Crippen LogP contribution in [0.25, 0.3) is 0 Å². The molecule has 94 valence electrons. The molecule has 7 nitrogen and oxygen atoms in total. The molecule has 0 amide bonds. The molecular formula is C11H13N5O2. The topological polar surface area (TPSA) is 99.0 Å². The zero-order valence-electron chi connectivity index (χ0n) is 9.83. The van der Waals surface area contributed by atoms with Crippen molar-refractivity contribution in [2.45, 2.75) is 13.5 Å². The second-order valence-electron chi connectivity index (χ2n) is 3.84. The number of hydrogen-bond donors (Lipinski definition) is 2. The zero-order chi connectivity index (χ0) is 13.1. The summed E-state index contributed by atoms with van der Waals surface area (Å²) in [5.41, 5.74) is 4.37. The summed E-state index contributed by atoms with van der Waals surface area (Å²) in [6.45, 7) is 2.35. The number of nitro benzene ring substituents is 1. The second-order valence-corrected chi connectivity index (χ2v) is 3.84. The van der Waals surface area contributed by atoms with Crippen molar-refractivity contribution in [1.82, 2.24) is 9.78 Å². The molecule has 0 aliphatic rings. The maximum atomic E-state index is 10.9. The highest BCUT2D eigenvalue weighted by Gasteiger charge is 2.16. The summed E-state index contributed by atoms with van der Waals surface area (Å²) < 4.78 is 1.75. The Morgan fingerprint density at radius 2 is 2.28 bits per heavy atom. The van der Waals surface area contributed by atoms with E-state index in [1.54, 1.807) is 23.0 Å². The summed E-state index contributed by atoms with van der Waals surface area (Å²) in [6.07, 6.45) is 1.68. The van der Waals surface area contributed by atoms with Crippen LogP contribution in [0.3, 0.4) is 0 Å². The molecule has 0 aliphatic carbocycles. The van der Waals surface area contributed by atoms with Crippen LogP contribution in [0.4, 0.5) is 11.4 Å². The first-order chi connectivity index (χ1) is 8.63. The van der Waals surface area contributed by atoms with E-state index in [0.29, 0.717) is 12.2 Å². The number of nitrogens with two attached hydrogens (primary N) is 1. The van der Waals surface area contributed by atoms with Gasteiger partial charge in [0.25, 0.3) is 5.69 Å². The molecule has 18 heavy (non-hydrogen) atoms. The summed E-state index contributed by atoms with van der Waals surface area (Å²) in [5.74, 6) is 5.37. The molecule has 0 saturated carbocycles. The lowest BCUT2D eigenvalue weighted by molar-refractivity contribution is -0.384. The van der Waals surface area contributed by atoms with Gasteiger partial charge in [0.1, 0.15) is 5.69 Å². The third kappa shape index (κ3) is 2.16. The maximum Gasteiger partial charge on any atom is 0.293 e. The first-order valence-electron chi connectivity index (χ1n) is 5.35. The average molecular weight is 247 g/mol. The van der Waals surface area contributed by atoms with Crippen molar-refractivity contribution in [3.05, 3.63) is 51.8 Å². The number of aryl methyl sites for hydroxylation is 1. The van der Waals surface area contributed by atoms with Gasteiger partial charge in [-0.15, -0.1) is 0 Å². The largest absolute Gasteiger partial charge is 0.318 e. The molecule has 1 aromatic carbocycles. The minimum absolute atomic E-state index is 0.0418. The van der Waals surface area contributed by atoms with Gasteiger partial charge in [-0.25, -0.2) is 0 Å². The summed E-state index contributed by atoms with van der Waals surface area (Å²) in [7, 11) is 0. The molecule has 1 aromatic heterocycles. The molecule has 3 N–H and O–H groups in total. The lowest BCUT2D eigenvalue weighted by Gasteiger charge is -2.10. The third-order valence-electron chi connectivity index (χ3n) is 2.72. The third-order valence-corrected chi connectivity index (χ3v) is 2.72. The first kappa shape index (κ1) is 12.1. The van der Waals surface area contributed by atoms with E-state index in [-0.39, 0.29) is 5.69 Å². The van der Waals surface area contributed by atoms with Crippen molar-refractivity contribution in [3.8, 4) is 0 Å². The maximum absolute atomic E-state index is 10.9. The monoisotopic (exact) mass is 247 g/mol. The minimum atomic E-state index is -0.464. The van der Waals surface area contributed by atoms with Crippen LogP contribution in [-0.2, 0) is 6.54 Å². The van der Waals surface area contributed by atoms with Gasteiger partial charge < -0.3 is 5.43 Å². The second kappa shape index (κ2) is 4.84. The predicted molar refractivity (Wildman–Crippen MR) is 67.0 cm³/mol. The van der Waals surface area contributed by atoms with Crippen LogP contribution < -0.4 is 11.3 Å². The summed E-state index contributed by atoms with van der Waals surface area (Å²) in [4.78, 5) is 10.4. The van der Waals surface area contributed by atoms with Gasteiger partial charge in [0.15, 0.2) is 0 Å². The molecule has 0 bridgehead atoms. The van der Waals surface area contributed by atoms with Gasteiger partial charge in [-0.2, -0.15) is 5.10 Å². The molecule has 0 unspecified atom stereocenters. The Balaban J connectivity index is 2.42. The number of nitro groups is 1. The smallest absolute Gasteiger partial charge is 0.293 e. The Hall–Kier alpha value is -2.41. The Labute approximate surface area is 103 Å². The number of nitrogens with one attached hydrogen (secondary N) is 1. The van der Waals surface area contributed by atoms with E-state index in [4.69, 9.17) is 5.84 Å². The lowest BCUT2D eigenvalue weighted by atomic mass is 10.1. The fourth-order valence-corrected chi connectivity index (χ4v) is 1.76. The molecule has 0 fully saturated rings. The van der Waals surface area contributed by atoms with Crippen molar-refractivity contribution in [3.63, 3.8) is 0 Å². The van der Waals surface area contributed by atoms with Gasteiger partial charge in [-0.3, -0.25) is 20.6 Å². The number of nitrogen functional groups attached to an aromatic ring is 1.